The number of halogens is 5. The van der Waals surface area contributed by atoms with Crippen LogP contribution in [-0.2, 0) is 15.7 Å². The van der Waals surface area contributed by atoms with E-state index in [-0.39, 0.29) is 22.9 Å². The summed E-state index contributed by atoms with van der Waals surface area (Å²) in [4.78, 5) is 17.3. The Hall–Kier alpha value is -2.97. The number of methoxy groups -OCH3 is 1. The average Bonchev–Trinajstić information content (AvgIpc) is 2.84. The topological polar surface area (TPSA) is 51.2 Å². The van der Waals surface area contributed by atoms with Crippen molar-refractivity contribution in [2.24, 2.45) is 11.8 Å². The maximum Gasteiger partial charge on any atom is 0.433 e. The third kappa shape index (κ3) is 5.39. The minimum Gasteiger partial charge on any atom is -0.381 e. The number of rotatable bonds is 5. The molecule has 1 saturated carbocycles. The lowest BCUT2D eigenvalue weighted by atomic mass is 9.69. The van der Waals surface area contributed by atoms with Crippen molar-refractivity contribution in [2.45, 2.75) is 38.0 Å². The third-order valence-electron chi connectivity index (χ3n) is 6.72. The van der Waals surface area contributed by atoms with E-state index in [4.69, 9.17) is 16.3 Å². The monoisotopic (exact) mass is 520 g/mol. The molecule has 0 unspecified atom stereocenters. The molecule has 1 fully saturated rings. The number of carbonyl (C=O) groups excluding carboxylic acids is 1. The van der Waals surface area contributed by atoms with E-state index in [0.29, 0.717) is 23.4 Å². The Morgan fingerprint density at radius 2 is 1.81 bits per heavy atom. The number of ether oxygens (including phenoxy) is 1. The number of anilines is 1. The second-order valence-electron chi connectivity index (χ2n) is 8.99. The summed E-state index contributed by atoms with van der Waals surface area (Å²) in [5, 5.41) is 3.14. The highest BCUT2D eigenvalue weighted by atomic mass is 35.5. The fourth-order valence-electron chi connectivity index (χ4n) is 4.94. The van der Waals surface area contributed by atoms with Gasteiger partial charge in [-0.1, -0.05) is 42.8 Å². The maximum absolute atomic E-state index is 15.0. The van der Waals surface area contributed by atoms with Crippen molar-refractivity contribution in [2.75, 3.05) is 12.4 Å². The molecule has 2 aromatic carbocycles. The molecule has 4 atom stereocenters. The van der Waals surface area contributed by atoms with Gasteiger partial charge < -0.3 is 10.1 Å². The van der Waals surface area contributed by atoms with Crippen LogP contribution >= 0.6 is 11.6 Å². The molecule has 36 heavy (non-hydrogen) atoms. The molecular weight excluding hydrogens is 496 g/mol. The zero-order chi connectivity index (χ0) is 26.0. The molecule has 9 heteroatoms. The Balaban J connectivity index is 1.64. The summed E-state index contributed by atoms with van der Waals surface area (Å²) in [6.45, 7) is 1.87. The second-order valence-corrected chi connectivity index (χ2v) is 9.40. The van der Waals surface area contributed by atoms with Crippen LogP contribution < -0.4 is 5.32 Å². The van der Waals surface area contributed by atoms with Gasteiger partial charge in [-0.3, -0.25) is 4.79 Å². The van der Waals surface area contributed by atoms with Gasteiger partial charge in [-0.2, -0.15) is 13.2 Å². The smallest absolute Gasteiger partial charge is 0.381 e. The lowest BCUT2D eigenvalue weighted by molar-refractivity contribution is -0.141. The van der Waals surface area contributed by atoms with Crippen molar-refractivity contribution in [3.63, 3.8) is 0 Å². The predicted molar refractivity (Wildman–Crippen MR) is 130 cm³/mol. The van der Waals surface area contributed by atoms with Gasteiger partial charge in [0.15, 0.2) is 0 Å². The largest absolute Gasteiger partial charge is 0.433 e. The Labute approximate surface area is 211 Å². The summed E-state index contributed by atoms with van der Waals surface area (Å²) in [7, 11) is 1.47. The molecule has 3 aromatic rings. The summed E-state index contributed by atoms with van der Waals surface area (Å²) in [6.07, 6.45) is -3.89. The summed E-state index contributed by atoms with van der Waals surface area (Å²) in [6, 6.07) is 14.8. The molecule has 0 aliphatic heterocycles. The van der Waals surface area contributed by atoms with Crippen LogP contribution in [-0.4, -0.2) is 24.1 Å². The first-order valence-electron chi connectivity index (χ1n) is 11.5. The molecule has 4 nitrogen and oxygen atoms in total. The van der Waals surface area contributed by atoms with Crippen molar-refractivity contribution in [3.8, 4) is 11.1 Å². The van der Waals surface area contributed by atoms with Crippen LogP contribution in [0.2, 0.25) is 5.02 Å². The number of alkyl halides is 3. The molecule has 1 aliphatic rings. The first kappa shape index (κ1) is 26.1. The van der Waals surface area contributed by atoms with Gasteiger partial charge in [-0.05, 0) is 55.2 Å². The van der Waals surface area contributed by atoms with Gasteiger partial charge in [0.1, 0.15) is 11.5 Å². The molecule has 0 radical (unpaired) electrons. The Morgan fingerprint density at radius 1 is 1.06 bits per heavy atom. The molecule has 0 spiro atoms. The first-order valence-corrected chi connectivity index (χ1v) is 11.9. The van der Waals surface area contributed by atoms with Gasteiger partial charge in [0.25, 0.3) is 0 Å². The van der Waals surface area contributed by atoms with Crippen LogP contribution in [0.3, 0.4) is 0 Å². The minimum absolute atomic E-state index is 0.142. The lowest BCUT2D eigenvalue weighted by Gasteiger charge is -2.40. The highest BCUT2D eigenvalue weighted by Crippen LogP contribution is 2.43. The summed E-state index contributed by atoms with van der Waals surface area (Å²) in [5.74, 6) is -2.59. The number of nitrogens with zero attached hydrogens (tertiary/aromatic N) is 1. The molecule has 1 N–H and O–H groups in total. The molecule has 4 rings (SSSR count). The van der Waals surface area contributed by atoms with E-state index < -0.39 is 41.5 Å². The number of aromatic nitrogens is 1. The van der Waals surface area contributed by atoms with Crippen LogP contribution in [0.1, 0.15) is 37.1 Å². The van der Waals surface area contributed by atoms with Gasteiger partial charge in [0.2, 0.25) is 5.91 Å². The Morgan fingerprint density at radius 3 is 2.47 bits per heavy atom. The molecule has 1 amide bonds. The van der Waals surface area contributed by atoms with Crippen LogP contribution in [0.25, 0.3) is 11.1 Å². The highest BCUT2D eigenvalue weighted by Gasteiger charge is 2.44. The van der Waals surface area contributed by atoms with Gasteiger partial charge in [0, 0.05) is 40.6 Å². The van der Waals surface area contributed by atoms with E-state index in [1.807, 2.05) is 6.92 Å². The van der Waals surface area contributed by atoms with Crippen LogP contribution in [0, 0.1) is 17.7 Å². The van der Waals surface area contributed by atoms with Gasteiger partial charge in [-0.15, -0.1) is 0 Å². The summed E-state index contributed by atoms with van der Waals surface area (Å²) < 4.78 is 60.5. The van der Waals surface area contributed by atoms with E-state index in [1.165, 1.54) is 31.4 Å². The van der Waals surface area contributed by atoms with Crippen LogP contribution in [0.15, 0.2) is 60.7 Å². The zero-order valence-electron chi connectivity index (χ0n) is 19.7. The number of hydrogen-bond acceptors (Lipinski definition) is 3. The molecule has 190 valence electrons. The van der Waals surface area contributed by atoms with Crippen molar-refractivity contribution in [1.82, 2.24) is 4.98 Å². The highest BCUT2D eigenvalue weighted by molar-refractivity contribution is 6.33. The quantitative estimate of drug-likeness (QED) is 0.358. The Kier molecular flexibility index (Phi) is 7.66. The number of pyridine rings is 1. The van der Waals surface area contributed by atoms with E-state index >= 15 is 0 Å². The van der Waals surface area contributed by atoms with Crippen LogP contribution in [0.4, 0.5) is 23.2 Å². The number of amides is 1. The SMILES string of the molecule is CO[C@@H]1CC[C@H](C)[C@@H](C(=O)Nc2ccc(-c3ccccc3Cl)c(F)c2)[C@H]1c1cccc(C(F)(F)F)n1. The van der Waals surface area contributed by atoms with Crippen LogP contribution in [0.5, 0.6) is 0 Å². The molecule has 1 aliphatic carbocycles. The Bertz CT molecular complexity index is 1250. The van der Waals surface area contributed by atoms with E-state index in [1.54, 1.807) is 30.3 Å². The standard InChI is InChI=1S/C27H25ClF4N2O2/c1-15-10-13-22(36-2)25(21-8-5-9-23(34-21)27(30,31)32)24(15)26(35)33-16-11-12-18(20(29)14-16)17-6-3-4-7-19(17)28/h3-9,11-12,14-15,22,24-25H,10,13H2,1-2H3,(H,33,35)/t15-,22+,24+,25-/m0/s1. The van der Waals surface area contributed by atoms with E-state index in [9.17, 15) is 22.4 Å². The molecular formula is C27H25ClF4N2O2. The van der Waals surface area contributed by atoms with Crippen molar-refractivity contribution in [1.29, 1.82) is 0 Å². The number of nitrogens with one attached hydrogen (secondary N) is 1. The van der Waals surface area contributed by atoms with Gasteiger partial charge in [0.05, 0.1) is 12.0 Å². The number of carbonyl (C=O) groups is 1. The number of benzene rings is 2. The number of hydrogen-bond donors (Lipinski definition) is 1. The van der Waals surface area contributed by atoms with Gasteiger partial charge in [-0.25, -0.2) is 9.37 Å². The molecule has 0 saturated heterocycles. The minimum atomic E-state index is -4.61. The van der Waals surface area contributed by atoms with Crippen molar-refractivity contribution < 1.29 is 27.1 Å². The average molecular weight is 521 g/mol. The molecule has 1 heterocycles. The fraction of sp³-hybridized carbons (Fsp3) is 0.333. The maximum atomic E-state index is 15.0. The predicted octanol–water partition coefficient (Wildman–Crippen LogP) is 7.34. The summed E-state index contributed by atoms with van der Waals surface area (Å²) >= 11 is 6.19. The van der Waals surface area contributed by atoms with E-state index in [0.717, 1.165) is 6.07 Å². The van der Waals surface area contributed by atoms with Crippen molar-refractivity contribution >= 4 is 23.2 Å². The summed E-state index contributed by atoms with van der Waals surface area (Å²) in [5.41, 5.74) is 0.160. The van der Waals surface area contributed by atoms with Gasteiger partial charge >= 0.3 is 6.18 Å². The second kappa shape index (κ2) is 10.6. The normalized spacial score (nSPS) is 22.3. The lowest BCUT2D eigenvalue weighted by Crippen LogP contribution is -2.43. The fourth-order valence-corrected chi connectivity index (χ4v) is 5.18. The first-order chi connectivity index (χ1) is 17.1. The zero-order valence-corrected chi connectivity index (χ0v) is 20.4. The molecule has 1 aromatic heterocycles. The third-order valence-corrected chi connectivity index (χ3v) is 7.05. The molecule has 0 bridgehead atoms. The van der Waals surface area contributed by atoms with E-state index in [2.05, 4.69) is 10.3 Å². The van der Waals surface area contributed by atoms with Crippen molar-refractivity contribution in [3.05, 3.63) is 82.9 Å².